The zero-order chi connectivity index (χ0) is 13.9. The van der Waals surface area contributed by atoms with Crippen LogP contribution in [0.2, 0.25) is 0 Å². The van der Waals surface area contributed by atoms with Crippen LogP contribution in [0.1, 0.15) is 37.3 Å². The lowest BCUT2D eigenvalue weighted by atomic mass is 10.4. The van der Waals surface area contributed by atoms with Crippen molar-refractivity contribution < 1.29 is 13.6 Å². The predicted molar refractivity (Wildman–Crippen MR) is 72.1 cm³/mol. The van der Waals surface area contributed by atoms with Crippen LogP contribution in [0, 0.1) is 0 Å². The summed E-state index contributed by atoms with van der Waals surface area (Å²) in [6.07, 6.45) is 3.81. The highest BCUT2D eigenvalue weighted by molar-refractivity contribution is 8.00. The van der Waals surface area contributed by atoms with Gasteiger partial charge in [0.2, 0.25) is 11.8 Å². The smallest absolute Gasteiger partial charge is 0.277 e. The lowest BCUT2D eigenvalue weighted by molar-refractivity contribution is -0.120. The number of nitrogens with one attached hydrogen (secondary N) is 1. The SMILES string of the molecule is C[C@@H](Sc1nnc(C2CC2)o1)C(=O)NCc1ccco1. The number of carbonyl (C=O) groups is 1. The van der Waals surface area contributed by atoms with Crippen molar-refractivity contribution in [2.45, 2.75) is 42.7 Å². The fourth-order valence-electron chi connectivity index (χ4n) is 1.70. The van der Waals surface area contributed by atoms with Crippen LogP contribution in [0.4, 0.5) is 0 Å². The van der Waals surface area contributed by atoms with Crippen LogP contribution in [0.5, 0.6) is 0 Å². The van der Waals surface area contributed by atoms with Crippen LogP contribution in [0.15, 0.2) is 32.5 Å². The van der Waals surface area contributed by atoms with Crippen molar-refractivity contribution in [3.8, 4) is 0 Å². The van der Waals surface area contributed by atoms with Crippen molar-refractivity contribution in [3.63, 3.8) is 0 Å². The summed E-state index contributed by atoms with van der Waals surface area (Å²) in [5.41, 5.74) is 0. The van der Waals surface area contributed by atoms with E-state index in [2.05, 4.69) is 15.5 Å². The van der Waals surface area contributed by atoms with Crippen molar-refractivity contribution in [2.24, 2.45) is 0 Å². The van der Waals surface area contributed by atoms with Gasteiger partial charge in [0, 0.05) is 5.92 Å². The van der Waals surface area contributed by atoms with Crippen molar-refractivity contribution >= 4 is 17.7 Å². The second kappa shape index (κ2) is 5.70. The van der Waals surface area contributed by atoms with Gasteiger partial charge in [-0.3, -0.25) is 4.79 Å². The quantitative estimate of drug-likeness (QED) is 0.823. The van der Waals surface area contributed by atoms with E-state index in [1.54, 1.807) is 12.3 Å². The predicted octanol–water partition coefficient (Wildman–Crippen LogP) is 2.34. The Morgan fingerprint density at radius 3 is 3.10 bits per heavy atom. The molecule has 1 atom stereocenters. The van der Waals surface area contributed by atoms with Gasteiger partial charge in [-0.25, -0.2) is 0 Å². The van der Waals surface area contributed by atoms with Crippen molar-refractivity contribution in [1.82, 2.24) is 15.5 Å². The van der Waals surface area contributed by atoms with Crippen LogP contribution >= 0.6 is 11.8 Å². The number of carbonyl (C=O) groups excluding carboxylic acids is 1. The topological polar surface area (TPSA) is 81.2 Å². The lowest BCUT2D eigenvalue weighted by Gasteiger charge is -2.08. The molecule has 0 radical (unpaired) electrons. The van der Waals surface area contributed by atoms with Gasteiger partial charge in [-0.1, -0.05) is 11.8 Å². The molecular formula is C13H15N3O3S. The summed E-state index contributed by atoms with van der Waals surface area (Å²) in [6, 6.07) is 3.61. The molecule has 0 aromatic carbocycles. The van der Waals surface area contributed by atoms with Gasteiger partial charge in [0.25, 0.3) is 5.22 Å². The standard InChI is InChI=1S/C13H15N3O3S/c1-8(11(17)14-7-10-3-2-6-18-10)20-13-16-15-12(19-13)9-4-5-9/h2-3,6,8-9H,4-5,7H2,1H3,(H,14,17)/t8-/m1/s1. The highest BCUT2D eigenvalue weighted by atomic mass is 32.2. The van der Waals surface area contributed by atoms with E-state index in [4.69, 9.17) is 8.83 Å². The Balaban J connectivity index is 1.49. The average molecular weight is 293 g/mol. The van der Waals surface area contributed by atoms with Crippen LogP contribution in [-0.2, 0) is 11.3 Å². The normalized spacial score (nSPS) is 16.1. The minimum atomic E-state index is -0.294. The Labute approximate surface area is 120 Å². The molecular weight excluding hydrogens is 278 g/mol. The number of amides is 1. The van der Waals surface area contributed by atoms with E-state index in [1.165, 1.54) is 11.8 Å². The van der Waals surface area contributed by atoms with Gasteiger partial charge in [0.15, 0.2) is 0 Å². The van der Waals surface area contributed by atoms with E-state index in [-0.39, 0.29) is 11.2 Å². The third kappa shape index (κ3) is 3.22. The van der Waals surface area contributed by atoms with Crippen LogP contribution in [0.25, 0.3) is 0 Å². The molecule has 6 nitrogen and oxygen atoms in total. The molecule has 1 saturated carbocycles. The van der Waals surface area contributed by atoms with E-state index in [9.17, 15) is 4.79 Å². The molecule has 1 aliphatic rings. The zero-order valence-corrected chi connectivity index (χ0v) is 11.9. The molecule has 0 spiro atoms. The largest absolute Gasteiger partial charge is 0.467 e. The molecule has 106 valence electrons. The van der Waals surface area contributed by atoms with Gasteiger partial charge in [-0.05, 0) is 31.9 Å². The molecule has 0 bridgehead atoms. The third-order valence-electron chi connectivity index (χ3n) is 3.01. The van der Waals surface area contributed by atoms with E-state index < -0.39 is 0 Å². The zero-order valence-electron chi connectivity index (χ0n) is 11.0. The molecule has 2 heterocycles. The van der Waals surface area contributed by atoms with Gasteiger partial charge >= 0.3 is 0 Å². The monoisotopic (exact) mass is 293 g/mol. The molecule has 0 aliphatic heterocycles. The highest BCUT2D eigenvalue weighted by Crippen LogP contribution is 2.40. The molecule has 2 aromatic heterocycles. The summed E-state index contributed by atoms with van der Waals surface area (Å²) in [6.45, 7) is 2.19. The number of nitrogens with zero attached hydrogens (tertiary/aromatic N) is 2. The van der Waals surface area contributed by atoms with E-state index in [0.717, 1.165) is 18.6 Å². The van der Waals surface area contributed by atoms with E-state index >= 15 is 0 Å². The Hall–Kier alpha value is -1.76. The maximum atomic E-state index is 11.9. The van der Waals surface area contributed by atoms with Crippen LogP contribution in [-0.4, -0.2) is 21.4 Å². The Bertz CT molecular complexity index is 577. The summed E-state index contributed by atoms with van der Waals surface area (Å²) in [5, 5.41) is 10.9. The van der Waals surface area contributed by atoms with E-state index in [1.807, 2.05) is 13.0 Å². The number of thioether (sulfide) groups is 1. The fourth-order valence-corrected chi connectivity index (χ4v) is 2.41. The van der Waals surface area contributed by atoms with Crippen molar-refractivity contribution in [3.05, 3.63) is 30.0 Å². The minimum absolute atomic E-state index is 0.0856. The molecule has 3 rings (SSSR count). The van der Waals surface area contributed by atoms with Gasteiger partial charge in [-0.15, -0.1) is 10.2 Å². The molecule has 0 saturated heterocycles. The maximum absolute atomic E-state index is 11.9. The van der Waals surface area contributed by atoms with Crippen LogP contribution < -0.4 is 5.32 Å². The first-order chi connectivity index (χ1) is 9.72. The van der Waals surface area contributed by atoms with Crippen molar-refractivity contribution in [2.75, 3.05) is 0 Å². The minimum Gasteiger partial charge on any atom is -0.467 e. The van der Waals surface area contributed by atoms with Gasteiger partial charge in [-0.2, -0.15) is 0 Å². The molecule has 0 unspecified atom stereocenters. The highest BCUT2D eigenvalue weighted by Gasteiger charge is 2.30. The molecule has 1 amide bonds. The number of aromatic nitrogens is 2. The second-order valence-electron chi connectivity index (χ2n) is 4.74. The molecule has 20 heavy (non-hydrogen) atoms. The number of furan rings is 1. The third-order valence-corrected chi connectivity index (χ3v) is 3.95. The summed E-state index contributed by atoms with van der Waals surface area (Å²) in [5.74, 6) is 1.76. The lowest BCUT2D eigenvalue weighted by Crippen LogP contribution is -2.30. The molecule has 2 aromatic rings. The Morgan fingerprint density at radius 1 is 1.55 bits per heavy atom. The van der Waals surface area contributed by atoms with E-state index in [0.29, 0.717) is 23.6 Å². The molecule has 1 N–H and O–H groups in total. The summed E-state index contributed by atoms with van der Waals surface area (Å²) in [7, 11) is 0. The van der Waals surface area contributed by atoms with Crippen molar-refractivity contribution in [1.29, 1.82) is 0 Å². The molecule has 1 aliphatic carbocycles. The summed E-state index contributed by atoms with van der Waals surface area (Å²) < 4.78 is 10.7. The average Bonchev–Trinajstić information content (AvgIpc) is 2.98. The molecule has 7 heteroatoms. The summed E-state index contributed by atoms with van der Waals surface area (Å²) >= 11 is 1.27. The van der Waals surface area contributed by atoms with Gasteiger partial charge in [0.05, 0.1) is 18.1 Å². The number of rotatable bonds is 6. The van der Waals surface area contributed by atoms with Gasteiger partial charge < -0.3 is 14.2 Å². The Morgan fingerprint density at radius 2 is 2.40 bits per heavy atom. The fraction of sp³-hybridized carbons (Fsp3) is 0.462. The number of hydrogen-bond acceptors (Lipinski definition) is 6. The van der Waals surface area contributed by atoms with Crippen LogP contribution in [0.3, 0.4) is 0 Å². The summed E-state index contributed by atoms with van der Waals surface area (Å²) in [4.78, 5) is 11.9. The number of hydrogen-bond donors (Lipinski definition) is 1. The first-order valence-corrected chi connectivity index (χ1v) is 7.40. The first kappa shape index (κ1) is 13.2. The first-order valence-electron chi connectivity index (χ1n) is 6.52. The Kier molecular flexibility index (Phi) is 3.77. The molecule has 1 fully saturated rings. The second-order valence-corrected chi connectivity index (χ2v) is 6.03. The van der Waals surface area contributed by atoms with Gasteiger partial charge in [0.1, 0.15) is 5.76 Å². The maximum Gasteiger partial charge on any atom is 0.277 e.